The lowest BCUT2D eigenvalue weighted by molar-refractivity contribution is -0.150. The van der Waals surface area contributed by atoms with Gasteiger partial charge in [-0.25, -0.2) is 9.78 Å². The molecule has 0 unspecified atom stereocenters. The Morgan fingerprint density at radius 2 is 2.13 bits per heavy atom. The number of rotatable bonds is 1. The van der Waals surface area contributed by atoms with Gasteiger partial charge in [0.25, 0.3) is 0 Å². The van der Waals surface area contributed by atoms with Crippen LogP contribution in [0.1, 0.15) is 5.69 Å². The van der Waals surface area contributed by atoms with Crippen LogP contribution in [0.3, 0.4) is 0 Å². The van der Waals surface area contributed by atoms with Crippen LogP contribution in [0.25, 0.3) is 0 Å². The second kappa shape index (κ2) is 4.88. The second-order valence-corrected chi connectivity index (χ2v) is 3.56. The number of aryl methyl sites for hydroxylation is 1. The van der Waals surface area contributed by atoms with E-state index in [1.54, 1.807) is 19.1 Å². The number of hydrogen-bond acceptors (Lipinski definition) is 4. The molecule has 0 aromatic carbocycles. The maximum absolute atomic E-state index is 11.1. The Bertz CT molecular complexity index is 406. The first-order valence-electron chi connectivity index (χ1n) is 4.07. The normalized spacial score (nSPS) is 9.53. The van der Waals surface area contributed by atoms with Gasteiger partial charge >= 0.3 is 11.9 Å². The minimum Gasteiger partial charge on any atom is -0.462 e. The van der Waals surface area contributed by atoms with E-state index in [0.29, 0.717) is 5.82 Å². The molecular weight excluding hydrogens is 264 g/mol. The number of carbonyl (C=O) groups is 2. The third-order valence-corrected chi connectivity index (χ3v) is 2.47. The summed E-state index contributed by atoms with van der Waals surface area (Å²) in [6, 6.07) is 3.31. The van der Waals surface area contributed by atoms with Gasteiger partial charge in [0.05, 0.1) is 12.8 Å². The molecule has 1 heterocycles. The number of nitrogens with zero attached hydrogens (tertiary/aromatic N) is 1. The predicted octanol–water partition coefficient (Wildman–Crippen LogP) is 1.26. The SMILES string of the molecule is COC(=O)C(=O)Nc1ccc(Br)c(C)n1. The topological polar surface area (TPSA) is 68.3 Å². The van der Waals surface area contributed by atoms with Gasteiger partial charge in [-0.05, 0) is 35.0 Å². The van der Waals surface area contributed by atoms with Crippen molar-refractivity contribution in [3.8, 4) is 0 Å². The van der Waals surface area contributed by atoms with E-state index in [-0.39, 0.29) is 0 Å². The summed E-state index contributed by atoms with van der Waals surface area (Å²) in [5.41, 5.74) is 0.720. The molecule has 0 aliphatic rings. The Labute approximate surface area is 95.0 Å². The summed E-state index contributed by atoms with van der Waals surface area (Å²) >= 11 is 3.27. The van der Waals surface area contributed by atoms with Gasteiger partial charge in [-0.15, -0.1) is 0 Å². The lowest BCUT2D eigenvalue weighted by Gasteiger charge is -2.04. The van der Waals surface area contributed by atoms with Crippen molar-refractivity contribution in [2.75, 3.05) is 12.4 Å². The molecule has 6 heteroatoms. The number of amides is 1. The summed E-state index contributed by atoms with van der Waals surface area (Å²) in [6.07, 6.45) is 0. The zero-order valence-corrected chi connectivity index (χ0v) is 9.79. The molecule has 5 nitrogen and oxygen atoms in total. The fraction of sp³-hybridized carbons (Fsp3) is 0.222. The number of aromatic nitrogens is 1. The maximum atomic E-state index is 11.1. The molecule has 1 amide bonds. The highest BCUT2D eigenvalue weighted by molar-refractivity contribution is 9.10. The fourth-order valence-electron chi connectivity index (χ4n) is 0.874. The van der Waals surface area contributed by atoms with Crippen molar-refractivity contribution in [2.45, 2.75) is 6.92 Å². The first-order chi connectivity index (χ1) is 7.04. The van der Waals surface area contributed by atoms with Crippen LogP contribution < -0.4 is 5.32 Å². The molecule has 0 aliphatic carbocycles. The Balaban J connectivity index is 2.77. The summed E-state index contributed by atoms with van der Waals surface area (Å²) < 4.78 is 5.08. The molecular formula is C9H9BrN2O3. The quantitative estimate of drug-likeness (QED) is 0.618. The van der Waals surface area contributed by atoms with Gasteiger partial charge in [0.1, 0.15) is 5.82 Å². The second-order valence-electron chi connectivity index (χ2n) is 2.71. The number of esters is 1. The van der Waals surface area contributed by atoms with Crippen LogP contribution in [0.5, 0.6) is 0 Å². The smallest absolute Gasteiger partial charge is 0.396 e. The van der Waals surface area contributed by atoms with Crippen molar-refractivity contribution in [1.82, 2.24) is 4.98 Å². The summed E-state index contributed by atoms with van der Waals surface area (Å²) in [7, 11) is 1.14. The molecule has 1 N–H and O–H groups in total. The van der Waals surface area contributed by atoms with E-state index in [9.17, 15) is 9.59 Å². The van der Waals surface area contributed by atoms with Gasteiger partial charge in [-0.3, -0.25) is 4.79 Å². The molecule has 0 atom stereocenters. The number of carbonyl (C=O) groups excluding carboxylic acids is 2. The van der Waals surface area contributed by atoms with Crippen LogP contribution in [0, 0.1) is 6.92 Å². The molecule has 0 fully saturated rings. The summed E-state index contributed by atoms with van der Waals surface area (Å²) in [5, 5.41) is 2.32. The molecule has 80 valence electrons. The van der Waals surface area contributed by atoms with Crippen molar-refractivity contribution in [2.24, 2.45) is 0 Å². The monoisotopic (exact) mass is 272 g/mol. The average Bonchev–Trinajstić information content (AvgIpc) is 2.22. The van der Waals surface area contributed by atoms with Gasteiger partial charge < -0.3 is 10.1 Å². The molecule has 0 radical (unpaired) electrons. The number of hydrogen-bond donors (Lipinski definition) is 1. The number of halogens is 1. The summed E-state index contributed by atoms with van der Waals surface area (Å²) in [5.74, 6) is -1.48. The average molecular weight is 273 g/mol. The van der Waals surface area contributed by atoms with Gasteiger partial charge in [-0.2, -0.15) is 0 Å². The maximum Gasteiger partial charge on any atom is 0.396 e. The highest BCUT2D eigenvalue weighted by Crippen LogP contribution is 2.15. The Morgan fingerprint density at radius 3 is 2.67 bits per heavy atom. The largest absolute Gasteiger partial charge is 0.462 e. The lowest BCUT2D eigenvalue weighted by Crippen LogP contribution is -2.24. The standard InChI is InChI=1S/C9H9BrN2O3/c1-5-6(10)3-4-7(11-5)12-8(13)9(14)15-2/h3-4H,1-2H3,(H,11,12,13). The molecule has 0 saturated carbocycles. The summed E-state index contributed by atoms with van der Waals surface area (Å²) in [4.78, 5) is 25.9. The predicted molar refractivity (Wildman–Crippen MR) is 57.3 cm³/mol. The van der Waals surface area contributed by atoms with E-state index < -0.39 is 11.9 Å². The van der Waals surface area contributed by atoms with Crippen molar-refractivity contribution in [3.63, 3.8) is 0 Å². The van der Waals surface area contributed by atoms with E-state index in [1.807, 2.05) is 0 Å². The first-order valence-corrected chi connectivity index (χ1v) is 4.86. The minimum absolute atomic E-state index is 0.311. The van der Waals surface area contributed by atoms with Crippen molar-refractivity contribution >= 4 is 33.6 Å². The first kappa shape index (κ1) is 11.6. The van der Waals surface area contributed by atoms with Crippen LogP contribution in [-0.4, -0.2) is 24.0 Å². The number of ether oxygens (including phenoxy) is 1. The van der Waals surface area contributed by atoms with E-state index >= 15 is 0 Å². The molecule has 1 rings (SSSR count). The molecule has 1 aromatic heterocycles. The van der Waals surface area contributed by atoms with Crippen LogP contribution in [0.15, 0.2) is 16.6 Å². The van der Waals surface area contributed by atoms with Gasteiger partial charge in [0.15, 0.2) is 0 Å². The highest BCUT2D eigenvalue weighted by atomic mass is 79.9. The molecule has 0 saturated heterocycles. The third-order valence-electron chi connectivity index (χ3n) is 1.63. The van der Waals surface area contributed by atoms with Crippen LogP contribution >= 0.6 is 15.9 Å². The molecule has 0 aliphatic heterocycles. The van der Waals surface area contributed by atoms with Crippen molar-refractivity contribution < 1.29 is 14.3 Å². The van der Waals surface area contributed by atoms with Crippen LogP contribution in [0.4, 0.5) is 5.82 Å². The molecule has 1 aromatic rings. The Hall–Kier alpha value is -1.43. The summed E-state index contributed by atoms with van der Waals surface area (Å²) in [6.45, 7) is 1.78. The number of nitrogens with one attached hydrogen (secondary N) is 1. The van der Waals surface area contributed by atoms with Gasteiger partial charge in [0, 0.05) is 4.47 Å². The number of pyridine rings is 1. The van der Waals surface area contributed by atoms with E-state index in [4.69, 9.17) is 0 Å². The van der Waals surface area contributed by atoms with Gasteiger partial charge in [0.2, 0.25) is 0 Å². The van der Waals surface area contributed by atoms with E-state index in [2.05, 4.69) is 31.0 Å². The Kier molecular flexibility index (Phi) is 3.79. The van der Waals surface area contributed by atoms with Crippen molar-refractivity contribution in [3.05, 3.63) is 22.3 Å². The minimum atomic E-state index is -0.947. The zero-order valence-electron chi connectivity index (χ0n) is 8.20. The highest BCUT2D eigenvalue weighted by Gasteiger charge is 2.14. The van der Waals surface area contributed by atoms with Crippen LogP contribution in [-0.2, 0) is 14.3 Å². The van der Waals surface area contributed by atoms with E-state index in [0.717, 1.165) is 17.3 Å². The van der Waals surface area contributed by atoms with Crippen molar-refractivity contribution in [1.29, 1.82) is 0 Å². The van der Waals surface area contributed by atoms with E-state index in [1.165, 1.54) is 0 Å². The van der Waals surface area contributed by atoms with Gasteiger partial charge in [-0.1, -0.05) is 0 Å². The Morgan fingerprint density at radius 1 is 1.47 bits per heavy atom. The fourth-order valence-corrected chi connectivity index (χ4v) is 1.09. The number of anilines is 1. The molecule has 0 spiro atoms. The number of methoxy groups -OCH3 is 1. The van der Waals surface area contributed by atoms with Crippen LogP contribution in [0.2, 0.25) is 0 Å². The lowest BCUT2D eigenvalue weighted by atomic mass is 10.3. The zero-order chi connectivity index (χ0) is 11.4. The molecule has 0 bridgehead atoms. The third kappa shape index (κ3) is 3.02. The molecule has 15 heavy (non-hydrogen) atoms.